The molecular formula is C20H25N3O. The van der Waals surface area contributed by atoms with Crippen LogP contribution < -0.4 is 0 Å². The largest absolute Gasteiger partial charge is 0.508 e. The summed E-state index contributed by atoms with van der Waals surface area (Å²) >= 11 is 0. The van der Waals surface area contributed by atoms with Gasteiger partial charge in [-0.15, -0.1) is 0 Å². The van der Waals surface area contributed by atoms with E-state index in [1.807, 2.05) is 12.1 Å². The molecule has 1 aliphatic rings. The average Bonchev–Trinajstić information content (AvgIpc) is 2.63. The quantitative estimate of drug-likeness (QED) is 0.671. The molecule has 1 atom stereocenters. The predicted molar refractivity (Wildman–Crippen MR) is 97.8 cm³/mol. The number of phenolic OH excluding ortho intramolecular Hbond substituents is 1. The third-order valence-electron chi connectivity index (χ3n) is 4.73. The summed E-state index contributed by atoms with van der Waals surface area (Å²) < 4.78 is 0. The summed E-state index contributed by atoms with van der Waals surface area (Å²) in [5.74, 6) is 1.31. The lowest BCUT2D eigenvalue weighted by Gasteiger charge is -2.37. The standard InChI is InChI=1S/C20H25N3O/c1-16(17-5-3-2-4-6-17)15-22-11-13-23(14-12-22)20(21)18-7-9-19(24)10-8-18/h2-10,16,21,24H,11-15H2,1H3. The number of benzene rings is 2. The molecule has 0 bridgehead atoms. The van der Waals surface area contributed by atoms with Crippen molar-refractivity contribution in [3.8, 4) is 5.75 Å². The molecular weight excluding hydrogens is 298 g/mol. The maximum absolute atomic E-state index is 9.37. The van der Waals surface area contributed by atoms with Crippen molar-refractivity contribution in [1.82, 2.24) is 9.80 Å². The van der Waals surface area contributed by atoms with E-state index >= 15 is 0 Å². The third kappa shape index (κ3) is 3.95. The SMILES string of the molecule is CC(CN1CCN(C(=N)c2ccc(O)cc2)CC1)c1ccccc1. The van der Waals surface area contributed by atoms with Crippen molar-refractivity contribution in [2.24, 2.45) is 0 Å². The molecule has 1 aliphatic heterocycles. The van der Waals surface area contributed by atoms with Crippen LogP contribution in [0, 0.1) is 5.41 Å². The lowest BCUT2D eigenvalue weighted by molar-refractivity contribution is 0.175. The van der Waals surface area contributed by atoms with E-state index in [9.17, 15) is 5.11 Å². The highest BCUT2D eigenvalue weighted by atomic mass is 16.3. The van der Waals surface area contributed by atoms with Crippen molar-refractivity contribution in [3.63, 3.8) is 0 Å². The van der Waals surface area contributed by atoms with E-state index in [0.717, 1.165) is 38.3 Å². The summed E-state index contributed by atoms with van der Waals surface area (Å²) in [5.41, 5.74) is 2.25. The molecule has 0 spiro atoms. The number of rotatable bonds is 4. The van der Waals surface area contributed by atoms with Gasteiger partial charge in [0.05, 0.1) is 0 Å². The monoisotopic (exact) mass is 323 g/mol. The fraction of sp³-hybridized carbons (Fsp3) is 0.350. The van der Waals surface area contributed by atoms with E-state index < -0.39 is 0 Å². The number of nitrogens with zero attached hydrogens (tertiary/aromatic N) is 2. The number of amidine groups is 1. The van der Waals surface area contributed by atoms with Crippen LogP contribution in [0.15, 0.2) is 54.6 Å². The van der Waals surface area contributed by atoms with Gasteiger partial charge in [0.2, 0.25) is 0 Å². The number of phenols is 1. The van der Waals surface area contributed by atoms with Crippen LogP contribution in [0.2, 0.25) is 0 Å². The van der Waals surface area contributed by atoms with Gasteiger partial charge in [-0.2, -0.15) is 0 Å². The molecule has 3 rings (SSSR count). The highest BCUT2D eigenvalue weighted by molar-refractivity contribution is 5.96. The summed E-state index contributed by atoms with van der Waals surface area (Å²) in [4.78, 5) is 4.61. The second-order valence-corrected chi connectivity index (χ2v) is 6.49. The van der Waals surface area contributed by atoms with Gasteiger partial charge in [-0.1, -0.05) is 37.3 Å². The first-order valence-corrected chi connectivity index (χ1v) is 8.53. The van der Waals surface area contributed by atoms with Gasteiger partial charge < -0.3 is 10.0 Å². The third-order valence-corrected chi connectivity index (χ3v) is 4.73. The molecule has 126 valence electrons. The molecule has 2 aromatic rings. The summed E-state index contributed by atoms with van der Waals surface area (Å²) in [6.07, 6.45) is 0. The zero-order valence-corrected chi connectivity index (χ0v) is 14.2. The molecule has 0 saturated carbocycles. The zero-order chi connectivity index (χ0) is 16.9. The van der Waals surface area contributed by atoms with Crippen LogP contribution in [0.25, 0.3) is 0 Å². The van der Waals surface area contributed by atoms with Crippen molar-refractivity contribution in [2.75, 3.05) is 32.7 Å². The molecule has 0 aromatic heterocycles. The van der Waals surface area contributed by atoms with Gasteiger partial charge in [0, 0.05) is 38.3 Å². The van der Waals surface area contributed by atoms with Gasteiger partial charge in [-0.05, 0) is 35.7 Å². The Hall–Kier alpha value is -2.33. The summed E-state index contributed by atoms with van der Waals surface area (Å²) in [5, 5.41) is 17.7. The maximum Gasteiger partial charge on any atom is 0.128 e. The van der Waals surface area contributed by atoms with Gasteiger partial charge >= 0.3 is 0 Å². The minimum Gasteiger partial charge on any atom is -0.508 e. The smallest absolute Gasteiger partial charge is 0.128 e. The van der Waals surface area contributed by atoms with Crippen LogP contribution in [0.5, 0.6) is 5.75 Å². The Morgan fingerprint density at radius 3 is 2.25 bits per heavy atom. The van der Waals surface area contributed by atoms with Crippen LogP contribution in [0.3, 0.4) is 0 Å². The average molecular weight is 323 g/mol. The Kier molecular flexibility index (Phi) is 5.16. The lowest BCUT2D eigenvalue weighted by Crippen LogP contribution is -2.49. The number of hydrogen-bond donors (Lipinski definition) is 2. The van der Waals surface area contributed by atoms with E-state index in [1.54, 1.807) is 12.1 Å². The molecule has 0 amide bonds. The second kappa shape index (κ2) is 7.49. The number of piperazine rings is 1. The Bertz CT molecular complexity index is 661. The molecule has 2 N–H and O–H groups in total. The molecule has 2 aromatic carbocycles. The lowest BCUT2D eigenvalue weighted by atomic mass is 10.0. The molecule has 1 unspecified atom stereocenters. The normalized spacial score (nSPS) is 16.8. The van der Waals surface area contributed by atoms with Crippen molar-refractivity contribution < 1.29 is 5.11 Å². The van der Waals surface area contributed by atoms with E-state index in [2.05, 4.69) is 47.1 Å². The summed E-state index contributed by atoms with van der Waals surface area (Å²) in [7, 11) is 0. The fourth-order valence-corrected chi connectivity index (χ4v) is 3.23. The summed E-state index contributed by atoms with van der Waals surface area (Å²) in [6.45, 7) is 7.06. The van der Waals surface area contributed by atoms with Gasteiger partial charge in [0.1, 0.15) is 11.6 Å². The van der Waals surface area contributed by atoms with Gasteiger partial charge in [0.25, 0.3) is 0 Å². The van der Waals surface area contributed by atoms with E-state index in [4.69, 9.17) is 5.41 Å². The van der Waals surface area contributed by atoms with Crippen LogP contribution in [-0.4, -0.2) is 53.5 Å². The molecule has 0 aliphatic carbocycles. The minimum atomic E-state index is 0.242. The first kappa shape index (κ1) is 16.5. The Morgan fingerprint density at radius 1 is 1.00 bits per heavy atom. The molecule has 4 nitrogen and oxygen atoms in total. The Balaban J connectivity index is 1.52. The van der Waals surface area contributed by atoms with Gasteiger partial charge in [0.15, 0.2) is 0 Å². The predicted octanol–water partition coefficient (Wildman–Crippen LogP) is 3.14. The highest BCUT2D eigenvalue weighted by Crippen LogP contribution is 2.18. The van der Waals surface area contributed by atoms with Crippen LogP contribution in [0.4, 0.5) is 0 Å². The van der Waals surface area contributed by atoms with Crippen molar-refractivity contribution in [1.29, 1.82) is 5.41 Å². The number of nitrogens with one attached hydrogen (secondary N) is 1. The molecule has 1 fully saturated rings. The van der Waals surface area contributed by atoms with Crippen molar-refractivity contribution in [3.05, 3.63) is 65.7 Å². The Morgan fingerprint density at radius 2 is 1.62 bits per heavy atom. The summed E-state index contributed by atoms with van der Waals surface area (Å²) in [6, 6.07) is 17.5. The molecule has 24 heavy (non-hydrogen) atoms. The Labute approximate surface area is 143 Å². The van der Waals surface area contributed by atoms with E-state index in [1.165, 1.54) is 5.56 Å². The van der Waals surface area contributed by atoms with Crippen LogP contribution >= 0.6 is 0 Å². The topological polar surface area (TPSA) is 50.6 Å². The number of aromatic hydroxyl groups is 1. The molecule has 0 radical (unpaired) electrons. The highest BCUT2D eigenvalue weighted by Gasteiger charge is 2.21. The first-order chi connectivity index (χ1) is 11.6. The minimum absolute atomic E-state index is 0.242. The molecule has 1 saturated heterocycles. The van der Waals surface area contributed by atoms with Gasteiger partial charge in [-0.25, -0.2) is 0 Å². The van der Waals surface area contributed by atoms with Gasteiger partial charge in [-0.3, -0.25) is 10.3 Å². The zero-order valence-electron chi connectivity index (χ0n) is 14.2. The molecule has 1 heterocycles. The maximum atomic E-state index is 9.37. The van der Waals surface area contributed by atoms with Crippen LogP contribution in [0.1, 0.15) is 24.0 Å². The number of hydrogen-bond acceptors (Lipinski definition) is 3. The van der Waals surface area contributed by atoms with Crippen LogP contribution in [-0.2, 0) is 0 Å². The second-order valence-electron chi connectivity index (χ2n) is 6.49. The van der Waals surface area contributed by atoms with E-state index in [-0.39, 0.29) is 5.75 Å². The van der Waals surface area contributed by atoms with Crippen molar-refractivity contribution in [2.45, 2.75) is 12.8 Å². The van der Waals surface area contributed by atoms with Crippen molar-refractivity contribution >= 4 is 5.84 Å². The fourth-order valence-electron chi connectivity index (χ4n) is 3.23. The van der Waals surface area contributed by atoms with E-state index in [0.29, 0.717) is 11.8 Å². The first-order valence-electron chi connectivity index (χ1n) is 8.53. The molecule has 4 heteroatoms.